The zero-order valence-corrected chi connectivity index (χ0v) is 19.0. The molecule has 0 rings (SSSR count). The molecule has 0 N–H and O–H groups in total. The van der Waals surface area contributed by atoms with Crippen molar-refractivity contribution in [2.45, 2.75) is 48.5 Å². The minimum Gasteiger partial charge on any atom is -0.549 e. The number of carbonyl (C=O) groups is 1. The monoisotopic (exact) mass is 537 g/mol. The van der Waals surface area contributed by atoms with E-state index in [1.165, 1.54) is 0 Å². The number of halogens is 13. The number of alkyl halides is 13. The van der Waals surface area contributed by atoms with E-state index in [4.69, 9.17) is 0 Å². The minimum atomic E-state index is -8.31. The second-order valence-corrected chi connectivity index (χ2v) is 7.50. The third kappa shape index (κ3) is 5.28. The van der Waals surface area contributed by atoms with Crippen molar-refractivity contribution in [2.75, 3.05) is 13.1 Å². The zero-order chi connectivity index (χ0) is 24.8. The van der Waals surface area contributed by atoms with Crippen molar-refractivity contribution in [1.29, 1.82) is 0 Å². The van der Waals surface area contributed by atoms with E-state index in [1.54, 1.807) is 0 Å². The number of hydrogen-bond acceptors (Lipinski definition) is 4. The average molecular weight is 537 g/mol. The molecule has 5 nitrogen and oxygen atoms in total. The molecule has 0 unspecified atom stereocenters. The summed E-state index contributed by atoms with van der Waals surface area (Å²) in [6.07, 6.45) is -8.29. The first-order valence-corrected chi connectivity index (χ1v) is 8.47. The topological polar surface area (TPSA) is 77.5 Å². The molecule has 0 aliphatic rings. The largest absolute Gasteiger partial charge is 1.00 e. The molecule has 0 saturated heterocycles. The molecular formula is C11H9F13KNO4S. The Kier molecular flexibility index (Phi) is 10.5. The van der Waals surface area contributed by atoms with E-state index in [0.29, 0.717) is 0 Å². The Morgan fingerprint density at radius 2 is 1.13 bits per heavy atom. The average Bonchev–Trinajstić information content (AvgIpc) is 2.51. The summed E-state index contributed by atoms with van der Waals surface area (Å²) in [6.45, 7) is -2.69. The molecule has 180 valence electrons. The number of nitrogens with zero attached hydrogens (tertiary/aromatic N) is 1. The van der Waals surface area contributed by atoms with Gasteiger partial charge < -0.3 is 9.90 Å². The van der Waals surface area contributed by atoms with Crippen molar-refractivity contribution in [2.24, 2.45) is 0 Å². The van der Waals surface area contributed by atoms with Gasteiger partial charge in [0.25, 0.3) is 10.0 Å². The Morgan fingerprint density at radius 3 is 1.42 bits per heavy atom. The third-order valence-corrected chi connectivity index (χ3v) is 5.24. The molecule has 0 aliphatic heterocycles. The number of hydrogen-bond donors (Lipinski definition) is 0. The molecule has 0 bridgehead atoms. The SMILES string of the molecule is CCCN(CC(=O)[O-])S(=O)(=O)C(F)(F)C(F)(F)C(F)(F)C(F)(F)C(F)(F)C(F)(F)F.[K+]. The second kappa shape index (κ2) is 9.77. The van der Waals surface area contributed by atoms with Crippen molar-refractivity contribution >= 4 is 16.0 Å². The van der Waals surface area contributed by atoms with Gasteiger partial charge in [-0.05, 0) is 6.42 Å². The van der Waals surface area contributed by atoms with Crippen LogP contribution in [0.15, 0.2) is 0 Å². The molecule has 0 aromatic carbocycles. The van der Waals surface area contributed by atoms with E-state index < -0.39 is 74.9 Å². The molecule has 20 heteroatoms. The van der Waals surface area contributed by atoms with Gasteiger partial charge in [-0.25, -0.2) is 8.42 Å². The van der Waals surface area contributed by atoms with Gasteiger partial charge in [0, 0.05) is 6.54 Å². The fourth-order valence-corrected chi connectivity index (χ4v) is 3.23. The van der Waals surface area contributed by atoms with Crippen LogP contribution in [0.2, 0.25) is 0 Å². The van der Waals surface area contributed by atoms with Gasteiger partial charge in [-0.1, -0.05) is 6.92 Å². The number of aliphatic carboxylic acids is 1. The summed E-state index contributed by atoms with van der Waals surface area (Å²) in [5, 5.41) is 2.89. The molecule has 0 saturated carbocycles. The Morgan fingerprint density at radius 1 is 0.774 bits per heavy atom. The van der Waals surface area contributed by atoms with Gasteiger partial charge in [-0.15, -0.1) is 0 Å². The van der Waals surface area contributed by atoms with E-state index in [-0.39, 0.29) is 51.4 Å². The summed E-state index contributed by atoms with van der Waals surface area (Å²) in [7, 11) is -7.35. The standard InChI is InChI=1S/C11H10F13NO4S.K/c1-2-3-25(4-5(26)27)30(28,29)11(23,24)9(18,19)7(14,15)6(12,13)8(16,17)10(20,21)22;/h2-4H2,1H3,(H,26,27);/q;+1/p-1. The van der Waals surface area contributed by atoms with Crippen LogP contribution in [0.25, 0.3) is 0 Å². The van der Waals surface area contributed by atoms with Crippen LogP contribution < -0.4 is 56.5 Å². The summed E-state index contributed by atoms with van der Waals surface area (Å²) in [5.74, 6) is -35.2. The zero-order valence-electron chi connectivity index (χ0n) is 15.0. The first-order valence-electron chi connectivity index (χ1n) is 7.03. The van der Waals surface area contributed by atoms with Crippen molar-refractivity contribution in [3.63, 3.8) is 0 Å². The quantitative estimate of drug-likeness (QED) is 0.278. The fraction of sp³-hybridized carbons (Fsp3) is 0.909. The summed E-state index contributed by atoms with van der Waals surface area (Å²) >= 11 is 0. The molecule has 0 fully saturated rings. The van der Waals surface area contributed by atoms with Crippen LogP contribution in [0.5, 0.6) is 0 Å². The maximum atomic E-state index is 13.8. The normalized spacial score (nSPS) is 15.1. The van der Waals surface area contributed by atoms with Gasteiger partial charge in [0.2, 0.25) is 0 Å². The number of carboxylic acid groups (broad SMARTS) is 1. The molecule has 0 aliphatic carbocycles. The predicted octanol–water partition coefficient (Wildman–Crippen LogP) is -0.522. The molecule has 0 spiro atoms. The fourth-order valence-electron chi connectivity index (χ4n) is 1.76. The molecule has 0 radical (unpaired) electrons. The van der Waals surface area contributed by atoms with Crippen LogP contribution in [0.1, 0.15) is 13.3 Å². The predicted molar refractivity (Wildman–Crippen MR) is 66.6 cm³/mol. The number of rotatable bonds is 10. The van der Waals surface area contributed by atoms with Crippen molar-refractivity contribution in [3.05, 3.63) is 0 Å². The molecule has 0 amide bonds. The first-order chi connectivity index (χ1) is 12.9. The Balaban J connectivity index is 0. The van der Waals surface area contributed by atoms with Gasteiger partial charge in [-0.2, -0.15) is 61.4 Å². The number of carboxylic acids is 1. The summed E-state index contributed by atoms with van der Waals surface area (Å²) in [6, 6.07) is 0. The third-order valence-electron chi connectivity index (χ3n) is 3.35. The van der Waals surface area contributed by atoms with E-state index in [2.05, 4.69) is 0 Å². The Hall–Kier alpha value is 0.106. The van der Waals surface area contributed by atoms with Crippen LogP contribution in [0, 0.1) is 0 Å². The van der Waals surface area contributed by atoms with Crippen LogP contribution in [-0.4, -0.2) is 66.9 Å². The van der Waals surface area contributed by atoms with E-state index >= 15 is 0 Å². The molecule has 31 heavy (non-hydrogen) atoms. The number of sulfonamides is 1. The van der Waals surface area contributed by atoms with Crippen molar-refractivity contribution in [3.8, 4) is 0 Å². The minimum absolute atomic E-state index is 0. The summed E-state index contributed by atoms with van der Waals surface area (Å²) in [4.78, 5) is 10.4. The second-order valence-electron chi connectivity index (χ2n) is 5.52. The maximum Gasteiger partial charge on any atom is 1.00 e. The smallest absolute Gasteiger partial charge is 0.549 e. The van der Waals surface area contributed by atoms with E-state index in [1.807, 2.05) is 0 Å². The summed E-state index contributed by atoms with van der Waals surface area (Å²) < 4.78 is 191. The van der Waals surface area contributed by atoms with Gasteiger partial charge >= 0.3 is 86.5 Å². The van der Waals surface area contributed by atoms with E-state index in [0.717, 1.165) is 6.92 Å². The first kappa shape index (κ1) is 33.3. The van der Waals surface area contributed by atoms with Crippen LogP contribution in [0.4, 0.5) is 57.1 Å². The van der Waals surface area contributed by atoms with E-state index in [9.17, 15) is 75.4 Å². The maximum absolute atomic E-state index is 13.8. The van der Waals surface area contributed by atoms with Crippen LogP contribution in [-0.2, 0) is 14.8 Å². The Bertz CT molecular complexity index is 753. The molecular weight excluding hydrogens is 528 g/mol. The summed E-state index contributed by atoms with van der Waals surface area (Å²) in [5.41, 5.74) is 0. The van der Waals surface area contributed by atoms with Crippen molar-refractivity contribution in [1.82, 2.24) is 4.31 Å². The molecule has 0 heterocycles. The van der Waals surface area contributed by atoms with Gasteiger partial charge in [-0.3, -0.25) is 0 Å². The molecule has 0 aromatic heterocycles. The van der Waals surface area contributed by atoms with Crippen molar-refractivity contribution < 1.29 is 127 Å². The van der Waals surface area contributed by atoms with Gasteiger partial charge in [0.15, 0.2) is 0 Å². The van der Waals surface area contributed by atoms with Crippen LogP contribution >= 0.6 is 0 Å². The Labute approximate surface area is 207 Å². The van der Waals surface area contributed by atoms with Crippen LogP contribution in [0.3, 0.4) is 0 Å². The van der Waals surface area contributed by atoms with Gasteiger partial charge in [0.05, 0.1) is 12.5 Å². The molecule has 0 atom stereocenters. The number of carbonyl (C=O) groups excluding carboxylic acids is 1. The van der Waals surface area contributed by atoms with Gasteiger partial charge in [0.1, 0.15) is 0 Å². The molecule has 0 aromatic rings.